The van der Waals surface area contributed by atoms with Crippen molar-refractivity contribution < 1.29 is 41.6 Å². The third-order valence-electron chi connectivity index (χ3n) is 11.0. The van der Waals surface area contributed by atoms with Gasteiger partial charge in [0.25, 0.3) is 10.1 Å². The summed E-state index contributed by atoms with van der Waals surface area (Å²) < 4.78 is 42.8. The Kier molecular flexibility index (Phi) is 9.46. The number of hydrogen-bond acceptors (Lipinski definition) is 9. The first kappa shape index (κ1) is 33.8. The van der Waals surface area contributed by atoms with Crippen LogP contribution in [0.25, 0.3) is 0 Å². The molecular formula is C34H43ClO9S. The molecule has 9 nitrogen and oxygen atoms in total. The van der Waals surface area contributed by atoms with E-state index in [1.807, 2.05) is 26.8 Å². The minimum Gasteiger partial charge on any atom is -0.434 e. The van der Waals surface area contributed by atoms with E-state index in [2.05, 4.69) is 6.92 Å². The second-order valence-corrected chi connectivity index (χ2v) is 15.8. The van der Waals surface area contributed by atoms with Crippen LogP contribution < -0.4 is 0 Å². The SMILES string of the molecule is CCCC(C)COC(=O)O[C@]1(C(=O)COS(=O)(=O)c2ccc(Cl)cc2)CC[C@H]2[C@@H]3CCC4=CC(=O)C=C[C@]4(C)[C@H]3C(O)C[C@@]21C. The van der Waals surface area contributed by atoms with Gasteiger partial charge in [0.2, 0.25) is 5.78 Å². The number of ketones is 2. The lowest BCUT2D eigenvalue weighted by molar-refractivity contribution is -0.183. The molecule has 1 aromatic rings. The van der Waals surface area contributed by atoms with Crippen molar-refractivity contribution in [2.75, 3.05) is 13.2 Å². The molecular weight excluding hydrogens is 620 g/mol. The van der Waals surface area contributed by atoms with E-state index in [1.54, 1.807) is 12.2 Å². The Bertz CT molecular complexity index is 1500. The molecule has 5 rings (SSSR count). The minimum atomic E-state index is -4.33. The number of Topliss-reactive ketones (excluding diaryl/α,β-unsaturated/α-hetero) is 1. The topological polar surface area (TPSA) is 133 Å². The maximum atomic E-state index is 14.2. The highest BCUT2D eigenvalue weighted by atomic mass is 35.5. The van der Waals surface area contributed by atoms with Crippen LogP contribution in [-0.4, -0.2) is 56.2 Å². The van der Waals surface area contributed by atoms with Gasteiger partial charge in [0, 0.05) is 21.8 Å². The fraction of sp³-hybridized carbons (Fsp3) is 0.618. The van der Waals surface area contributed by atoms with Crippen molar-refractivity contribution >= 4 is 39.4 Å². The quantitative estimate of drug-likeness (QED) is 0.229. The van der Waals surface area contributed by atoms with E-state index in [4.69, 9.17) is 25.3 Å². The standard InChI is InChI=1S/C34H43ClO9S/c1-5-6-21(2)19-42-31(39)44-34(29(38)20-43-45(40,41)25-10-8-23(35)9-11-25)16-14-27-26-12-7-22-17-24(36)13-15-32(22,3)30(26)28(37)18-33(27,34)4/h8-11,13,15,17,21,26-28,30,37H,5-7,12,14,16,18-20H2,1-4H3/t21?,26-,27-,28?,30+,32-,33-,34-/m0/s1. The first-order valence-corrected chi connectivity index (χ1v) is 17.6. The van der Waals surface area contributed by atoms with Gasteiger partial charge in [0.05, 0.1) is 17.6 Å². The molecule has 0 amide bonds. The van der Waals surface area contributed by atoms with Gasteiger partial charge < -0.3 is 14.6 Å². The average Bonchev–Trinajstić information content (AvgIpc) is 3.27. The number of carbonyl (C=O) groups is 3. The summed E-state index contributed by atoms with van der Waals surface area (Å²) >= 11 is 5.91. The monoisotopic (exact) mass is 662 g/mol. The predicted molar refractivity (Wildman–Crippen MR) is 167 cm³/mol. The normalized spacial score (nSPS) is 34.6. The Morgan fingerprint density at radius 2 is 1.87 bits per heavy atom. The van der Waals surface area contributed by atoms with Crippen LogP contribution in [-0.2, 0) is 33.4 Å². The number of allylic oxidation sites excluding steroid dienone is 4. The number of carbonyl (C=O) groups excluding carboxylic acids is 3. The van der Waals surface area contributed by atoms with Crippen molar-refractivity contribution in [3.05, 3.63) is 53.1 Å². The van der Waals surface area contributed by atoms with Crippen LogP contribution in [0.1, 0.15) is 72.6 Å². The molecule has 0 spiro atoms. The number of rotatable bonds is 10. The van der Waals surface area contributed by atoms with Gasteiger partial charge >= 0.3 is 6.16 Å². The van der Waals surface area contributed by atoms with E-state index in [0.717, 1.165) is 18.4 Å². The van der Waals surface area contributed by atoms with Crippen LogP contribution in [0, 0.1) is 34.5 Å². The molecule has 0 aromatic heterocycles. The fourth-order valence-corrected chi connectivity index (χ4v) is 9.87. The highest BCUT2D eigenvalue weighted by Crippen LogP contribution is 2.68. The van der Waals surface area contributed by atoms with Crippen LogP contribution in [0.2, 0.25) is 5.02 Å². The molecule has 4 aliphatic rings. The second-order valence-electron chi connectivity index (χ2n) is 13.7. The molecule has 45 heavy (non-hydrogen) atoms. The molecule has 0 radical (unpaired) electrons. The van der Waals surface area contributed by atoms with Crippen molar-refractivity contribution in [3.63, 3.8) is 0 Å². The second kappa shape index (κ2) is 12.6. The van der Waals surface area contributed by atoms with Crippen molar-refractivity contribution in [1.82, 2.24) is 0 Å². The first-order chi connectivity index (χ1) is 21.2. The summed E-state index contributed by atoms with van der Waals surface area (Å²) in [7, 11) is -4.33. The Balaban J connectivity index is 1.45. The summed E-state index contributed by atoms with van der Waals surface area (Å²) in [6, 6.07) is 5.39. The van der Waals surface area contributed by atoms with Gasteiger partial charge in [-0.1, -0.05) is 57.4 Å². The first-order valence-electron chi connectivity index (χ1n) is 15.8. The predicted octanol–water partition coefficient (Wildman–Crippen LogP) is 6.22. The zero-order valence-corrected chi connectivity index (χ0v) is 27.9. The largest absolute Gasteiger partial charge is 0.509 e. The van der Waals surface area contributed by atoms with E-state index >= 15 is 0 Å². The van der Waals surface area contributed by atoms with Crippen molar-refractivity contribution in [3.8, 4) is 0 Å². The van der Waals surface area contributed by atoms with Gasteiger partial charge in [-0.2, -0.15) is 8.42 Å². The van der Waals surface area contributed by atoms with E-state index in [1.165, 1.54) is 24.3 Å². The van der Waals surface area contributed by atoms with Crippen LogP contribution in [0.3, 0.4) is 0 Å². The molecule has 1 aromatic carbocycles. The summed E-state index contributed by atoms with van der Waals surface area (Å²) in [5.74, 6) is -1.02. The minimum absolute atomic E-state index is 0.0312. The third kappa shape index (κ3) is 6.03. The Morgan fingerprint density at radius 3 is 2.56 bits per heavy atom. The Labute approximate surface area is 270 Å². The molecule has 2 unspecified atom stereocenters. The number of fused-ring (bicyclic) bond motifs is 5. The van der Waals surface area contributed by atoms with Crippen molar-refractivity contribution in [2.24, 2.45) is 34.5 Å². The highest BCUT2D eigenvalue weighted by Gasteiger charge is 2.70. The summed E-state index contributed by atoms with van der Waals surface area (Å²) in [6.07, 6.45) is 7.21. The summed E-state index contributed by atoms with van der Waals surface area (Å²) in [5.41, 5.74) is -2.32. The summed E-state index contributed by atoms with van der Waals surface area (Å²) in [4.78, 5) is 39.5. The third-order valence-corrected chi connectivity index (χ3v) is 12.6. The summed E-state index contributed by atoms with van der Waals surface area (Å²) in [6.45, 7) is 7.16. The molecule has 4 aliphatic carbocycles. The number of ether oxygens (including phenoxy) is 2. The van der Waals surface area contributed by atoms with Crippen molar-refractivity contribution in [1.29, 1.82) is 0 Å². The Hall–Kier alpha value is -2.53. The molecule has 3 fully saturated rings. The molecule has 11 heteroatoms. The number of aliphatic hydroxyl groups excluding tert-OH is 1. The molecule has 0 heterocycles. The van der Waals surface area contributed by atoms with Crippen LogP contribution >= 0.6 is 11.6 Å². The molecule has 246 valence electrons. The van der Waals surface area contributed by atoms with Gasteiger partial charge in [-0.05, 0) is 92.7 Å². The summed E-state index contributed by atoms with van der Waals surface area (Å²) in [5, 5.41) is 12.2. The average molecular weight is 663 g/mol. The van der Waals surface area contributed by atoms with Gasteiger partial charge in [0.1, 0.15) is 6.61 Å². The molecule has 8 atom stereocenters. The van der Waals surface area contributed by atoms with E-state index < -0.39 is 51.2 Å². The lowest BCUT2D eigenvalue weighted by atomic mass is 9.46. The van der Waals surface area contributed by atoms with Crippen LogP contribution in [0.15, 0.2) is 53.0 Å². The number of benzene rings is 1. The lowest BCUT2D eigenvalue weighted by Gasteiger charge is -2.59. The number of aliphatic hydroxyl groups is 1. The van der Waals surface area contributed by atoms with Crippen LogP contribution in [0.4, 0.5) is 4.79 Å². The number of hydrogen-bond donors (Lipinski definition) is 1. The maximum Gasteiger partial charge on any atom is 0.509 e. The molecule has 0 bridgehead atoms. The molecule has 3 saturated carbocycles. The molecule has 1 N–H and O–H groups in total. The zero-order valence-electron chi connectivity index (χ0n) is 26.3. The lowest BCUT2D eigenvalue weighted by Crippen LogP contribution is -2.63. The highest BCUT2D eigenvalue weighted by molar-refractivity contribution is 7.86. The molecule has 0 saturated heterocycles. The van der Waals surface area contributed by atoms with Gasteiger partial charge in [-0.15, -0.1) is 0 Å². The number of halogens is 1. The van der Waals surface area contributed by atoms with E-state index in [-0.39, 0.29) is 53.8 Å². The maximum absolute atomic E-state index is 14.2. The van der Waals surface area contributed by atoms with Crippen molar-refractivity contribution in [2.45, 2.75) is 89.2 Å². The van der Waals surface area contributed by atoms with Gasteiger partial charge in [0.15, 0.2) is 11.4 Å². The van der Waals surface area contributed by atoms with Gasteiger partial charge in [-0.25, -0.2) is 4.79 Å². The van der Waals surface area contributed by atoms with Gasteiger partial charge in [-0.3, -0.25) is 13.8 Å². The van der Waals surface area contributed by atoms with E-state index in [9.17, 15) is 27.9 Å². The Morgan fingerprint density at radius 1 is 1.16 bits per heavy atom. The smallest absolute Gasteiger partial charge is 0.434 e. The van der Waals surface area contributed by atoms with Crippen LogP contribution in [0.5, 0.6) is 0 Å². The zero-order chi connectivity index (χ0) is 32.8. The fourth-order valence-electron chi connectivity index (χ4n) is 8.87. The molecule has 0 aliphatic heterocycles. The van der Waals surface area contributed by atoms with E-state index in [0.29, 0.717) is 24.3 Å².